The number of nitrogen functional groups attached to an aromatic ring is 1. The molecular weight excluding hydrogens is 529 g/mol. The third kappa shape index (κ3) is 6.88. The minimum atomic E-state index is -1.69. The fourth-order valence-corrected chi connectivity index (χ4v) is 5.58. The van der Waals surface area contributed by atoms with Gasteiger partial charge in [0.2, 0.25) is 0 Å². The van der Waals surface area contributed by atoms with Gasteiger partial charge in [0.05, 0.1) is 29.8 Å². The molecule has 0 aliphatic heterocycles. The first-order chi connectivity index (χ1) is 19.2. The van der Waals surface area contributed by atoms with Gasteiger partial charge in [-0.25, -0.2) is 14.6 Å². The van der Waals surface area contributed by atoms with Crippen molar-refractivity contribution in [3.05, 3.63) is 60.4 Å². The van der Waals surface area contributed by atoms with Gasteiger partial charge in [-0.2, -0.15) is 0 Å². The molecule has 11 heteroatoms. The van der Waals surface area contributed by atoms with E-state index in [1.165, 1.54) is 0 Å². The van der Waals surface area contributed by atoms with Gasteiger partial charge in [0.15, 0.2) is 5.82 Å². The Hall–Kier alpha value is -3.30. The standard InChI is InChI=1S/C29H38N5O5P/c1-7-36-18-25-32-26-27(23-15-11-12-16-24(23)31-28(26)30)34(25)17-20(4)38-40(39-22-13-9-8-10-14-22)33(6)21(5)29(35)37-19(2)3/h8-16,19-21H,7,17-18H2,1-6H3,(H2,30,31)/t20-,21-,40-/m0/s1. The molecule has 2 N–H and O–H groups in total. The van der Waals surface area contributed by atoms with E-state index in [0.717, 1.165) is 22.2 Å². The maximum Gasteiger partial charge on any atom is 0.323 e. The van der Waals surface area contributed by atoms with Crippen molar-refractivity contribution in [3.8, 4) is 5.75 Å². The van der Waals surface area contributed by atoms with Gasteiger partial charge < -0.3 is 28.8 Å². The Balaban J connectivity index is 1.66. The van der Waals surface area contributed by atoms with E-state index in [9.17, 15) is 4.79 Å². The summed E-state index contributed by atoms with van der Waals surface area (Å²) in [6.07, 6.45) is -0.559. The lowest BCUT2D eigenvalue weighted by Gasteiger charge is -2.32. The molecule has 2 heterocycles. The molecule has 2 aromatic heterocycles. The van der Waals surface area contributed by atoms with E-state index in [1.807, 2.05) is 82.3 Å². The summed E-state index contributed by atoms with van der Waals surface area (Å²) in [5.74, 6) is 1.40. The van der Waals surface area contributed by atoms with Crippen LogP contribution in [-0.2, 0) is 31.9 Å². The molecular formula is C29H38N5O5P. The number of benzene rings is 2. The average Bonchev–Trinajstić information content (AvgIpc) is 3.29. The number of nitrogens with zero attached hydrogens (tertiary/aromatic N) is 4. The van der Waals surface area contributed by atoms with Crippen LogP contribution in [0.2, 0.25) is 0 Å². The van der Waals surface area contributed by atoms with Gasteiger partial charge in [0.1, 0.15) is 29.7 Å². The van der Waals surface area contributed by atoms with Crippen LogP contribution >= 0.6 is 8.53 Å². The number of rotatable bonds is 13. The summed E-state index contributed by atoms with van der Waals surface area (Å²) in [4.78, 5) is 22.1. The van der Waals surface area contributed by atoms with Crippen molar-refractivity contribution in [1.82, 2.24) is 19.2 Å². The average molecular weight is 568 g/mol. The number of esters is 1. The summed E-state index contributed by atoms with van der Waals surface area (Å²) in [5, 5.41) is 0.944. The van der Waals surface area contributed by atoms with E-state index in [0.29, 0.717) is 36.8 Å². The number of carbonyl (C=O) groups excluding carboxylic acids is 1. The molecule has 40 heavy (non-hydrogen) atoms. The molecule has 3 atom stereocenters. The van der Waals surface area contributed by atoms with Crippen LogP contribution in [0, 0.1) is 0 Å². The van der Waals surface area contributed by atoms with Gasteiger partial charge in [-0.1, -0.05) is 36.4 Å². The molecule has 0 bridgehead atoms. The number of fused-ring (bicyclic) bond motifs is 3. The lowest BCUT2D eigenvalue weighted by Crippen LogP contribution is -2.37. The minimum Gasteiger partial charge on any atom is -0.462 e. The maximum atomic E-state index is 12.7. The molecule has 0 aliphatic rings. The third-order valence-corrected chi connectivity index (χ3v) is 8.04. The summed E-state index contributed by atoms with van der Waals surface area (Å²) >= 11 is 0. The molecule has 0 spiro atoms. The second-order valence-corrected chi connectivity index (χ2v) is 11.3. The number of para-hydroxylation sites is 2. The van der Waals surface area contributed by atoms with E-state index in [2.05, 4.69) is 9.55 Å². The van der Waals surface area contributed by atoms with E-state index in [-0.39, 0.29) is 18.2 Å². The SMILES string of the molecule is CCOCc1nc2c(N)nc3ccccc3c2n1C[C@H](C)O[P@@](Oc1ccccc1)N(C)[C@@H](C)C(=O)OC(C)C. The highest BCUT2D eigenvalue weighted by atomic mass is 31.2. The summed E-state index contributed by atoms with van der Waals surface area (Å²) in [5.41, 5.74) is 8.64. The zero-order chi connectivity index (χ0) is 28.8. The number of nitrogens with two attached hydrogens (primary N) is 1. The molecule has 214 valence electrons. The molecule has 0 amide bonds. The molecule has 4 aromatic rings. The number of imidazole rings is 1. The van der Waals surface area contributed by atoms with E-state index in [4.69, 9.17) is 29.2 Å². The second-order valence-electron chi connectivity index (χ2n) is 9.78. The Morgan fingerprint density at radius 2 is 1.75 bits per heavy atom. The van der Waals surface area contributed by atoms with E-state index >= 15 is 0 Å². The Labute approximate surface area is 236 Å². The zero-order valence-corrected chi connectivity index (χ0v) is 24.8. The minimum absolute atomic E-state index is 0.223. The van der Waals surface area contributed by atoms with Crippen molar-refractivity contribution in [3.63, 3.8) is 0 Å². The van der Waals surface area contributed by atoms with Gasteiger partial charge >= 0.3 is 14.5 Å². The van der Waals surface area contributed by atoms with Crippen molar-refractivity contribution in [2.45, 2.75) is 66.0 Å². The van der Waals surface area contributed by atoms with Crippen LogP contribution in [0.3, 0.4) is 0 Å². The molecule has 4 rings (SSSR count). The first-order valence-corrected chi connectivity index (χ1v) is 14.6. The number of ether oxygens (including phenoxy) is 2. The number of hydrogen-bond donors (Lipinski definition) is 1. The van der Waals surface area contributed by atoms with Gasteiger partial charge in [0, 0.05) is 12.0 Å². The number of carbonyl (C=O) groups is 1. The molecule has 10 nitrogen and oxygen atoms in total. The van der Waals surface area contributed by atoms with Crippen LogP contribution in [0.25, 0.3) is 21.9 Å². The number of aromatic nitrogens is 3. The first-order valence-electron chi connectivity index (χ1n) is 13.4. The summed E-state index contributed by atoms with van der Waals surface area (Å²) in [6, 6.07) is 16.7. The van der Waals surface area contributed by atoms with Crippen LogP contribution in [0.5, 0.6) is 5.75 Å². The predicted octanol–water partition coefficient (Wildman–Crippen LogP) is 5.69. The molecule has 0 aliphatic carbocycles. The normalized spacial score (nSPS) is 14.1. The molecule has 0 unspecified atom stereocenters. The maximum absolute atomic E-state index is 12.7. The van der Waals surface area contributed by atoms with Crippen molar-refractivity contribution in [2.24, 2.45) is 0 Å². The molecule has 0 radical (unpaired) electrons. The Morgan fingerprint density at radius 3 is 2.45 bits per heavy atom. The van der Waals surface area contributed by atoms with Crippen molar-refractivity contribution < 1.29 is 23.3 Å². The largest absolute Gasteiger partial charge is 0.462 e. The highest BCUT2D eigenvalue weighted by Gasteiger charge is 2.32. The van der Waals surface area contributed by atoms with Crippen LogP contribution < -0.4 is 10.3 Å². The monoisotopic (exact) mass is 567 g/mol. The Morgan fingerprint density at radius 1 is 1.05 bits per heavy atom. The topological polar surface area (TPSA) is 114 Å². The molecule has 0 saturated heterocycles. The van der Waals surface area contributed by atoms with Crippen LogP contribution in [0.1, 0.15) is 40.4 Å². The molecule has 2 aromatic carbocycles. The van der Waals surface area contributed by atoms with Crippen LogP contribution in [-0.4, -0.2) is 57.1 Å². The highest BCUT2D eigenvalue weighted by molar-refractivity contribution is 7.45. The highest BCUT2D eigenvalue weighted by Crippen LogP contribution is 2.45. The number of likely N-dealkylation sites (N-methyl/N-ethyl adjacent to an activating group) is 1. The Kier molecular flexibility index (Phi) is 9.92. The van der Waals surface area contributed by atoms with Crippen LogP contribution in [0.4, 0.5) is 5.82 Å². The fraction of sp³-hybridized carbons (Fsp3) is 0.414. The lowest BCUT2D eigenvalue weighted by atomic mass is 10.2. The van der Waals surface area contributed by atoms with Crippen LogP contribution in [0.15, 0.2) is 54.6 Å². The summed E-state index contributed by atoms with van der Waals surface area (Å²) < 4.78 is 27.9. The smallest absolute Gasteiger partial charge is 0.323 e. The quantitative estimate of drug-likeness (QED) is 0.161. The fourth-order valence-electron chi connectivity index (χ4n) is 4.21. The van der Waals surface area contributed by atoms with Crippen molar-refractivity contribution >= 4 is 42.2 Å². The summed E-state index contributed by atoms with van der Waals surface area (Å²) in [6.45, 7) is 10.7. The molecule has 0 saturated carbocycles. The van der Waals surface area contributed by atoms with E-state index in [1.54, 1.807) is 18.6 Å². The summed E-state index contributed by atoms with van der Waals surface area (Å²) in [7, 11) is 0.116. The van der Waals surface area contributed by atoms with Crippen molar-refractivity contribution in [2.75, 3.05) is 19.4 Å². The number of pyridine rings is 1. The third-order valence-electron chi connectivity index (χ3n) is 6.27. The predicted molar refractivity (Wildman–Crippen MR) is 158 cm³/mol. The zero-order valence-electron chi connectivity index (χ0n) is 23.9. The van der Waals surface area contributed by atoms with Crippen molar-refractivity contribution in [1.29, 1.82) is 0 Å². The lowest BCUT2D eigenvalue weighted by molar-refractivity contribution is -0.151. The number of anilines is 1. The number of hydrogen-bond acceptors (Lipinski definition) is 9. The van der Waals surface area contributed by atoms with Gasteiger partial charge in [0.25, 0.3) is 0 Å². The van der Waals surface area contributed by atoms with Gasteiger partial charge in [-0.3, -0.25) is 4.79 Å². The molecule has 0 fully saturated rings. The van der Waals surface area contributed by atoms with Gasteiger partial charge in [-0.05, 0) is 59.9 Å². The first kappa shape index (κ1) is 29.7. The second kappa shape index (κ2) is 13.4. The van der Waals surface area contributed by atoms with Gasteiger partial charge in [-0.15, -0.1) is 0 Å². The van der Waals surface area contributed by atoms with E-state index < -0.39 is 14.6 Å². The Bertz CT molecular complexity index is 1430.